The lowest BCUT2D eigenvalue weighted by Crippen LogP contribution is -2.14. The Morgan fingerprint density at radius 1 is 1.24 bits per heavy atom. The van der Waals surface area contributed by atoms with Crippen LogP contribution in [0.15, 0.2) is 36.4 Å². The molecule has 0 heterocycles. The van der Waals surface area contributed by atoms with Gasteiger partial charge < -0.3 is 4.74 Å². The molecule has 0 aliphatic rings. The zero-order chi connectivity index (χ0) is 15.4. The second-order valence-corrected chi connectivity index (χ2v) is 4.43. The Hall–Kier alpha value is -2.74. The van der Waals surface area contributed by atoms with Crippen molar-refractivity contribution in [1.29, 1.82) is 5.26 Å². The molecule has 0 unspecified atom stereocenters. The molecule has 0 aliphatic carbocycles. The Labute approximate surface area is 120 Å². The molecule has 2 aromatic carbocycles. The summed E-state index contributed by atoms with van der Waals surface area (Å²) in [6, 6.07) is 9.52. The lowest BCUT2D eigenvalue weighted by Gasteiger charge is -2.09. The predicted octanol–water partition coefficient (Wildman–Crippen LogP) is 3.41. The largest absolute Gasteiger partial charge is 0.485 e. The maximum Gasteiger partial charge on any atom is 0.203 e. The van der Waals surface area contributed by atoms with Gasteiger partial charge in [0.15, 0.2) is 6.61 Å². The molecule has 21 heavy (non-hydrogen) atoms. The molecule has 5 heteroatoms. The maximum atomic E-state index is 13.5. The van der Waals surface area contributed by atoms with Crippen LogP contribution in [0.2, 0.25) is 0 Å². The van der Waals surface area contributed by atoms with Crippen molar-refractivity contribution < 1.29 is 18.3 Å². The second-order valence-electron chi connectivity index (χ2n) is 4.43. The third-order valence-corrected chi connectivity index (χ3v) is 2.91. The Bertz CT molecular complexity index is 736. The van der Waals surface area contributed by atoms with Crippen LogP contribution in [0.25, 0.3) is 0 Å². The highest BCUT2D eigenvalue weighted by Gasteiger charge is 2.14. The molecule has 106 valence electrons. The van der Waals surface area contributed by atoms with Crippen LogP contribution in [0.3, 0.4) is 0 Å². The van der Waals surface area contributed by atoms with Gasteiger partial charge >= 0.3 is 0 Å². The first-order chi connectivity index (χ1) is 10.0. The Kier molecular flexibility index (Phi) is 4.29. The summed E-state index contributed by atoms with van der Waals surface area (Å²) in [5.74, 6) is -1.90. The van der Waals surface area contributed by atoms with Gasteiger partial charge in [0, 0.05) is 6.07 Å². The van der Waals surface area contributed by atoms with Crippen molar-refractivity contribution in [2.75, 3.05) is 6.61 Å². The molecule has 0 aliphatic heterocycles. The van der Waals surface area contributed by atoms with Crippen LogP contribution in [0, 0.1) is 29.9 Å². The fraction of sp³-hybridized carbons (Fsp3) is 0.125. The number of Topliss-reactive ketones (excluding diaryl/α,β-unsaturated/α-hetero) is 1. The summed E-state index contributed by atoms with van der Waals surface area (Å²) in [7, 11) is 0. The van der Waals surface area contributed by atoms with Gasteiger partial charge in [-0.1, -0.05) is 6.07 Å². The van der Waals surface area contributed by atoms with Gasteiger partial charge in [-0.15, -0.1) is 0 Å². The first kappa shape index (κ1) is 14.7. The number of carbonyl (C=O) groups excluding carboxylic acids is 1. The molecule has 3 nitrogen and oxygen atoms in total. The molecule has 0 bridgehead atoms. The molecule has 0 saturated heterocycles. The van der Waals surface area contributed by atoms with E-state index in [4.69, 9.17) is 10.00 Å². The quantitative estimate of drug-likeness (QED) is 0.810. The molecule has 0 radical (unpaired) electrons. The van der Waals surface area contributed by atoms with E-state index in [1.165, 1.54) is 6.07 Å². The highest BCUT2D eigenvalue weighted by Crippen LogP contribution is 2.20. The monoisotopic (exact) mass is 287 g/mol. The molecule has 2 aromatic rings. The molecule has 0 aromatic heterocycles. The number of ketones is 1. The Morgan fingerprint density at radius 2 is 2.00 bits per heavy atom. The summed E-state index contributed by atoms with van der Waals surface area (Å²) < 4.78 is 31.6. The molecule has 0 fully saturated rings. The standard InChI is InChI=1S/C16H11F2NO2/c1-10-2-3-11(8-19)6-16(10)21-9-15(20)13-5-4-12(17)7-14(13)18/h2-7H,9H2,1H3. The Morgan fingerprint density at radius 3 is 2.67 bits per heavy atom. The van der Waals surface area contributed by atoms with Crippen molar-refractivity contribution in [2.24, 2.45) is 0 Å². The van der Waals surface area contributed by atoms with Gasteiger partial charge in [-0.3, -0.25) is 4.79 Å². The average molecular weight is 287 g/mol. The highest BCUT2D eigenvalue weighted by molar-refractivity contribution is 5.97. The zero-order valence-corrected chi connectivity index (χ0v) is 11.2. The summed E-state index contributed by atoms with van der Waals surface area (Å²) >= 11 is 0. The second kappa shape index (κ2) is 6.14. The summed E-state index contributed by atoms with van der Waals surface area (Å²) in [4.78, 5) is 11.9. The fourth-order valence-corrected chi connectivity index (χ4v) is 1.76. The molecule has 0 saturated carbocycles. The van der Waals surface area contributed by atoms with Crippen molar-refractivity contribution in [1.82, 2.24) is 0 Å². The minimum atomic E-state index is -0.925. The average Bonchev–Trinajstić information content (AvgIpc) is 2.46. The van der Waals surface area contributed by atoms with Crippen LogP contribution >= 0.6 is 0 Å². The van der Waals surface area contributed by atoms with E-state index in [2.05, 4.69) is 0 Å². The van der Waals surface area contributed by atoms with Crippen LogP contribution in [-0.2, 0) is 0 Å². The molecule has 0 N–H and O–H groups in total. The molecule has 0 spiro atoms. The predicted molar refractivity (Wildman–Crippen MR) is 72.1 cm³/mol. The molecule has 0 amide bonds. The first-order valence-corrected chi connectivity index (χ1v) is 6.13. The molecule has 2 rings (SSSR count). The number of nitrogens with zero attached hydrogens (tertiary/aromatic N) is 1. The van der Waals surface area contributed by atoms with Crippen LogP contribution in [-0.4, -0.2) is 12.4 Å². The Balaban J connectivity index is 2.13. The zero-order valence-electron chi connectivity index (χ0n) is 11.2. The van der Waals surface area contributed by atoms with E-state index in [1.807, 2.05) is 6.07 Å². The third kappa shape index (κ3) is 3.42. The fourth-order valence-electron chi connectivity index (χ4n) is 1.76. The van der Waals surface area contributed by atoms with E-state index in [0.29, 0.717) is 17.4 Å². The van der Waals surface area contributed by atoms with Gasteiger partial charge in [0.2, 0.25) is 5.78 Å². The van der Waals surface area contributed by atoms with Crippen molar-refractivity contribution in [3.05, 3.63) is 64.7 Å². The van der Waals surface area contributed by atoms with E-state index in [0.717, 1.165) is 17.7 Å². The van der Waals surface area contributed by atoms with Crippen LogP contribution in [0.5, 0.6) is 5.75 Å². The third-order valence-electron chi connectivity index (χ3n) is 2.91. The van der Waals surface area contributed by atoms with Gasteiger partial charge in [0.1, 0.15) is 17.4 Å². The topological polar surface area (TPSA) is 50.1 Å². The number of carbonyl (C=O) groups is 1. The van der Waals surface area contributed by atoms with Crippen LogP contribution in [0.4, 0.5) is 8.78 Å². The lowest BCUT2D eigenvalue weighted by molar-refractivity contribution is 0.0917. The number of hydrogen-bond acceptors (Lipinski definition) is 3. The molecule has 0 atom stereocenters. The van der Waals surface area contributed by atoms with E-state index in [1.54, 1.807) is 19.1 Å². The van der Waals surface area contributed by atoms with E-state index in [9.17, 15) is 13.6 Å². The number of benzene rings is 2. The minimum Gasteiger partial charge on any atom is -0.485 e. The minimum absolute atomic E-state index is 0.231. The van der Waals surface area contributed by atoms with Gasteiger partial charge in [0.05, 0.1) is 17.2 Å². The summed E-state index contributed by atoms with van der Waals surface area (Å²) in [6.45, 7) is 1.37. The summed E-state index contributed by atoms with van der Waals surface area (Å²) in [5.41, 5.74) is 0.919. The number of rotatable bonds is 4. The van der Waals surface area contributed by atoms with Gasteiger partial charge in [-0.2, -0.15) is 5.26 Å². The highest BCUT2D eigenvalue weighted by atomic mass is 19.1. The molecular formula is C16H11F2NO2. The SMILES string of the molecule is Cc1ccc(C#N)cc1OCC(=O)c1ccc(F)cc1F. The summed E-state index contributed by atoms with van der Waals surface area (Å²) in [6.07, 6.45) is 0. The van der Waals surface area contributed by atoms with Crippen molar-refractivity contribution in [3.8, 4) is 11.8 Å². The number of hydrogen-bond donors (Lipinski definition) is 0. The van der Waals surface area contributed by atoms with Crippen molar-refractivity contribution in [3.63, 3.8) is 0 Å². The number of ether oxygens (including phenoxy) is 1. The van der Waals surface area contributed by atoms with E-state index < -0.39 is 24.0 Å². The van der Waals surface area contributed by atoms with Gasteiger partial charge in [-0.05, 0) is 36.8 Å². The maximum absolute atomic E-state index is 13.5. The number of aryl methyl sites for hydroxylation is 1. The van der Waals surface area contributed by atoms with E-state index >= 15 is 0 Å². The lowest BCUT2D eigenvalue weighted by atomic mass is 10.1. The first-order valence-electron chi connectivity index (χ1n) is 6.13. The smallest absolute Gasteiger partial charge is 0.203 e. The normalized spacial score (nSPS) is 10.0. The van der Waals surface area contributed by atoms with Crippen molar-refractivity contribution in [2.45, 2.75) is 6.92 Å². The van der Waals surface area contributed by atoms with Crippen LogP contribution in [0.1, 0.15) is 21.5 Å². The van der Waals surface area contributed by atoms with E-state index in [-0.39, 0.29) is 5.56 Å². The number of halogens is 2. The van der Waals surface area contributed by atoms with Gasteiger partial charge in [0.25, 0.3) is 0 Å². The van der Waals surface area contributed by atoms with Gasteiger partial charge in [-0.25, -0.2) is 8.78 Å². The molecular weight excluding hydrogens is 276 g/mol. The summed E-state index contributed by atoms with van der Waals surface area (Å²) in [5, 5.41) is 8.81. The number of nitriles is 1. The van der Waals surface area contributed by atoms with Crippen molar-refractivity contribution >= 4 is 5.78 Å². The van der Waals surface area contributed by atoms with Crippen LogP contribution < -0.4 is 4.74 Å².